The molecular weight excluding hydrogens is 661 g/mol. The van der Waals surface area contributed by atoms with Gasteiger partial charge in [-0.05, 0) is 45.8 Å². The van der Waals surface area contributed by atoms with Crippen molar-refractivity contribution in [3.8, 4) is 11.3 Å². The summed E-state index contributed by atoms with van der Waals surface area (Å²) in [7, 11) is -4.11. The maximum atomic E-state index is 10.3. The molecule has 0 saturated heterocycles. The van der Waals surface area contributed by atoms with Gasteiger partial charge in [0.05, 0.1) is 5.52 Å². The molecule has 0 amide bonds. The van der Waals surface area contributed by atoms with Gasteiger partial charge in [-0.3, -0.25) is 9.54 Å². The quantitative estimate of drug-likeness (QED) is 0.123. The fourth-order valence-corrected chi connectivity index (χ4v) is 4.90. The van der Waals surface area contributed by atoms with Crippen molar-refractivity contribution in [2.24, 2.45) is 0 Å². The number of hydrogen-bond donors (Lipinski definition) is 1. The molecule has 0 bridgehead atoms. The Hall–Kier alpha value is -3.74. The largest absolute Gasteiger partial charge is 0.312 e. The Morgan fingerprint density at radius 1 is 0.730 bits per heavy atom. The van der Waals surface area contributed by atoms with E-state index in [0.29, 0.717) is 0 Å². The van der Waals surface area contributed by atoms with Gasteiger partial charge in [0.15, 0.2) is 5.03 Å². The molecule has 7 rings (SSSR count). The summed E-state index contributed by atoms with van der Waals surface area (Å²) in [6.45, 7) is 0. The Kier molecular flexibility index (Phi) is 6.71. The fraction of sp³-hybridized carbons (Fsp3) is 0. The topological polar surface area (TPSA) is 80.2 Å². The Balaban J connectivity index is 0.000000218. The van der Waals surface area contributed by atoms with Gasteiger partial charge in [0.25, 0.3) is 0 Å². The van der Waals surface area contributed by atoms with E-state index < -0.39 is 10.1 Å². The first kappa shape index (κ1) is 24.9. The van der Waals surface area contributed by atoms with Crippen LogP contribution in [0.5, 0.6) is 0 Å². The number of rotatable bonds is 2. The van der Waals surface area contributed by atoms with Gasteiger partial charge in [-0.25, -0.2) is 4.98 Å². The Morgan fingerprint density at radius 3 is 2.16 bits per heavy atom. The minimum absolute atomic E-state index is 0. The average molecular weight is 680 g/mol. The van der Waals surface area contributed by atoms with Crippen LogP contribution in [-0.2, 0) is 30.2 Å². The van der Waals surface area contributed by atoms with Crippen LogP contribution in [-0.4, -0.2) is 22.9 Å². The first-order valence-corrected chi connectivity index (χ1v) is 12.7. The summed E-state index contributed by atoms with van der Waals surface area (Å²) in [5, 5.41) is 5.88. The molecule has 0 atom stereocenters. The van der Waals surface area contributed by atoms with Crippen molar-refractivity contribution in [3.63, 3.8) is 0 Å². The van der Waals surface area contributed by atoms with Crippen LogP contribution >= 0.6 is 0 Å². The molecule has 1 aliphatic carbocycles. The molecule has 2 aromatic heterocycles. The first-order chi connectivity index (χ1) is 17.5. The standard InChI is InChI=1S/C25H14N.C5H5NO3S.Ir/c1-2-5-18-13-22-14-20(10-9-19(22)12-17(18)4-1)24-15-21-11-8-16-6-3-7-23(26-24)25(16)21;7-10(8,9)5-3-1-2-4-6-5;/h1-9,11-15H;1-4H,(H,7,8,9);/q-1;;. The Morgan fingerprint density at radius 2 is 1.46 bits per heavy atom. The molecular formula is C30H19IrN2O3S-. The van der Waals surface area contributed by atoms with Gasteiger partial charge in [0.1, 0.15) is 0 Å². The number of fused-ring (bicyclic) bond motifs is 2. The summed E-state index contributed by atoms with van der Waals surface area (Å²) < 4.78 is 29.1. The van der Waals surface area contributed by atoms with E-state index in [4.69, 9.17) is 9.54 Å². The van der Waals surface area contributed by atoms with E-state index >= 15 is 0 Å². The summed E-state index contributed by atoms with van der Waals surface area (Å²) in [5.41, 5.74) is 5.56. The van der Waals surface area contributed by atoms with Crippen molar-refractivity contribution in [1.82, 2.24) is 9.97 Å². The number of benzene rings is 4. The van der Waals surface area contributed by atoms with Crippen molar-refractivity contribution < 1.29 is 33.1 Å². The van der Waals surface area contributed by atoms with Crippen molar-refractivity contribution >= 4 is 54.7 Å². The molecule has 5 nitrogen and oxygen atoms in total. The van der Waals surface area contributed by atoms with Crippen molar-refractivity contribution in [1.29, 1.82) is 0 Å². The van der Waals surface area contributed by atoms with Gasteiger partial charge in [-0.1, -0.05) is 78.2 Å². The van der Waals surface area contributed by atoms with Crippen molar-refractivity contribution in [3.05, 3.63) is 114 Å². The van der Waals surface area contributed by atoms with Gasteiger partial charge in [0, 0.05) is 31.7 Å². The van der Waals surface area contributed by atoms with E-state index in [1.807, 2.05) is 0 Å². The predicted molar refractivity (Wildman–Crippen MR) is 144 cm³/mol. The van der Waals surface area contributed by atoms with Gasteiger partial charge in [-0.15, -0.1) is 29.1 Å². The van der Waals surface area contributed by atoms with Gasteiger partial charge < -0.3 is 0 Å². The van der Waals surface area contributed by atoms with Crippen LogP contribution in [0.25, 0.3) is 55.9 Å². The predicted octanol–water partition coefficient (Wildman–Crippen LogP) is 6.82. The molecule has 1 aliphatic rings. The number of pyridine rings is 2. The van der Waals surface area contributed by atoms with Gasteiger partial charge in [0.2, 0.25) is 0 Å². The Labute approximate surface area is 227 Å². The van der Waals surface area contributed by atoms with E-state index in [2.05, 4.69) is 96.0 Å². The van der Waals surface area contributed by atoms with Crippen LogP contribution in [0.3, 0.4) is 0 Å². The molecule has 183 valence electrons. The van der Waals surface area contributed by atoms with Crippen LogP contribution in [0.15, 0.2) is 102 Å². The zero-order valence-corrected chi connectivity index (χ0v) is 22.5. The third-order valence-corrected chi connectivity index (χ3v) is 6.92. The van der Waals surface area contributed by atoms with Crippen molar-refractivity contribution in [2.75, 3.05) is 0 Å². The molecule has 1 radical (unpaired) electrons. The van der Waals surface area contributed by atoms with Gasteiger partial charge in [-0.2, -0.15) is 8.42 Å². The first-order valence-electron chi connectivity index (χ1n) is 11.3. The summed E-state index contributed by atoms with van der Waals surface area (Å²) >= 11 is 0. The fourth-order valence-electron chi connectivity index (χ4n) is 4.46. The van der Waals surface area contributed by atoms with Gasteiger partial charge >= 0.3 is 10.1 Å². The van der Waals surface area contributed by atoms with Crippen LogP contribution in [0.2, 0.25) is 0 Å². The second-order valence-corrected chi connectivity index (χ2v) is 9.86. The van der Waals surface area contributed by atoms with Crippen LogP contribution < -0.4 is 0 Å². The zero-order chi connectivity index (χ0) is 24.7. The van der Waals surface area contributed by atoms with Crippen LogP contribution in [0.1, 0.15) is 11.1 Å². The summed E-state index contributed by atoms with van der Waals surface area (Å²) in [5.74, 6) is 0. The number of aromatic nitrogens is 2. The maximum absolute atomic E-state index is 10.3. The van der Waals surface area contributed by atoms with E-state index in [9.17, 15) is 8.42 Å². The molecule has 37 heavy (non-hydrogen) atoms. The normalized spacial score (nSPS) is 11.8. The second-order valence-electron chi connectivity index (χ2n) is 8.49. The molecule has 0 saturated carbocycles. The Bertz CT molecular complexity index is 1920. The molecule has 2 heterocycles. The molecule has 0 spiro atoms. The smallest absolute Gasteiger partial charge is 0.296 e. The molecule has 0 unspecified atom stereocenters. The van der Waals surface area contributed by atoms with Crippen LogP contribution in [0, 0.1) is 6.07 Å². The third-order valence-electron chi connectivity index (χ3n) is 6.15. The van der Waals surface area contributed by atoms with E-state index in [1.54, 1.807) is 6.07 Å². The van der Waals surface area contributed by atoms with Crippen molar-refractivity contribution in [2.45, 2.75) is 5.03 Å². The maximum Gasteiger partial charge on any atom is 0.312 e. The minimum Gasteiger partial charge on any atom is -0.296 e. The average Bonchev–Trinajstić information content (AvgIpc) is 3.32. The summed E-state index contributed by atoms with van der Waals surface area (Å²) in [6, 6.07) is 33.4. The molecule has 6 aromatic rings. The molecule has 4 aromatic carbocycles. The second kappa shape index (κ2) is 9.96. The van der Waals surface area contributed by atoms with Crippen LogP contribution in [0.4, 0.5) is 0 Å². The molecule has 0 fully saturated rings. The number of hydrogen-bond acceptors (Lipinski definition) is 4. The van der Waals surface area contributed by atoms with E-state index in [-0.39, 0.29) is 25.1 Å². The zero-order valence-electron chi connectivity index (χ0n) is 19.3. The summed E-state index contributed by atoms with van der Waals surface area (Å²) in [4.78, 5) is 8.32. The molecule has 1 N–H and O–H groups in total. The van der Waals surface area contributed by atoms with E-state index in [0.717, 1.165) is 16.8 Å². The monoisotopic (exact) mass is 680 g/mol. The molecule has 0 aliphatic heterocycles. The summed E-state index contributed by atoms with van der Waals surface area (Å²) in [6.07, 6.45) is 5.64. The minimum atomic E-state index is -4.11. The SMILES string of the molecule is O=S(=O)(O)c1ccccn1.[Ir].[c-]1cc2cc3ccccc3cc2cc1-c1cc2c3c(cccc3n1)C=C2. The molecule has 7 heteroatoms. The van der Waals surface area contributed by atoms with E-state index in [1.165, 1.54) is 56.4 Å². The number of nitrogens with zero attached hydrogens (tertiary/aromatic N) is 2. The third kappa shape index (κ3) is 4.95.